The molecule has 1 heterocycles. The van der Waals surface area contributed by atoms with Crippen molar-refractivity contribution in [3.05, 3.63) is 29.3 Å². The normalized spacial score (nSPS) is 14.0. The second-order valence-corrected chi connectivity index (χ2v) is 5.90. The van der Waals surface area contributed by atoms with Crippen LogP contribution in [0.15, 0.2) is 18.2 Å². The monoisotopic (exact) mass is 335 g/mol. The van der Waals surface area contributed by atoms with Crippen molar-refractivity contribution in [1.29, 1.82) is 0 Å². The molecule has 1 unspecified atom stereocenters. The molecule has 1 atom stereocenters. The van der Waals surface area contributed by atoms with Gasteiger partial charge in [0, 0.05) is 26.6 Å². The number of carbonyl (C=O) groups excluding carboxylic acids is 2. The van der Waals surface area contributed by atoms with Gasteiger partial charge in [-0.2, -0.15) is 0 Å². The lowest BCUT2D eigenvalue weighted by atomic mass is 10.0. The maximum Gasteiger partial charge on any atom is 0.309 e. The Bertz CT molecular complexity index is 589. The minimum absolute atomic E-state index is 0.0216. The van der Waals surface area contributed by atoms with Crippen LogP contribution in [0, 0.1) is 0 Å². The number of fused-ring (bicyclic) bond motifs is 1. The van der Waals surface area contributed by atoms with Gasteiger partial charge in [-0.25, -0.2) is 0 Å². The summed E-state index contributed by atoms with van der Waals surface area (Å²) in [5.41, 5.74) is 2.27. The summed E-state index contributed by atoms with van der Waals surface area (Å²) in [6.45, 7) is 1.74. The van der Waals surface area contributed by atoms with Crippen LogP contribution < -0.4 is 15.4 Å². The van der Waals surface area contributed by atoms with Crippen molar-refractivity contribution in [2.45, 2.75) is 12.5 Å². The molecule has 2 rings (SSSR count). The highest BCUT2D eigenvalue weighted by Gasteiger charge is 2.21. The van der Waals surface area contributed by atoms with Gasteiger partial charge in [0.1, 0.15) is 5.75 Å². The topological polar surface area (TPSA) is 79.9 Å². The predicted octanol–water partition coefficient (Wildman–Crippen LogP) is 0.103. The highest BCUT2D eigenvalue weighted by Crippen LogP contribution is 2.29. The van der Waals surface area contributed by atoms with E-state index in [0.29, 0.717) is 26.3 Å². The molecular formula is C17H25N3O4. The average Bonchev–Trinajstić information content (AvgIpc) is 3.02. The number of benzene rings is 1. The fourth-order valence-corrected chi connectivity index (χ4v) is 2.63. The molecule has 2 amide bonds. The SMILES string of the molecule is COCCNC(=O)C(=O)NCC(c1ccc2c(c1)CCO2)N(C)C. The number of nitrogens with zero attached hydrogens (tertiary/aromatic N) is 1. The quantitative estimate of drug-likeness (QED) is 0.546. The Hall–Kier alpha value is -2.12. The first-order valence-electron chi connectivity index (χ1n) is 8.00. The fourth-order valence-electron chi connectivity index (χ4n) is 2.63. The first-order chi connectivity index (χ1) is 11.5. The molecule has 0 aromatic heterocycles. The summed E-state index contributed by atoms with van der Waals surface area (Å²) < 4.78 is 10.4. The third-order valence-electron chi connectivity index (χ3n) is 3.98. The first kappa shape index (κ1) is 18.2. The summed E-state index contributed by atoms with van der Waals surface area (Å²) in [5, 5.41) is 5.20. The summed E-state index contributed by atoms with van der Waals surface area (Å²) >= 11 is 0. The third kappa shape index (κ3) is 4.69. The van der Waals surface area contributed by atoms with Crippen LogP contribution in [0.4, 0.5) is 0 Å². The Labute approximate surface area is 142 Å². The zero-order valence-electron chi connectivity index (χ0n) is 14.4. The molecule has 7 nitrogen and oxygen atoms in total. The standard InChI is InChI=1S/C17H25N3O4/c1-20(2)14(11-19-17(22)16(21)18-7-9-23-3)12-4-5-15-13(10-12)6-8-24-15/h4-5,10,14H,6-9,11H2,1-3H3,(H,18,21)(H,19,22). The molecule has 0 saturated carbocycles. The molecule has 0 radical (unpaired) electrons. The van der Waals surface area contributed by atoms with Crippen molar-refractivity contribution in [3.8, 4) is 5.75 Å². The van der Waals surface area contributed by atoms with Gasteiger partial charge in [-0.05, 0) is 31.3 Å². The maximum absolute atomic E-state index is 11.9. The first-order valence-corrected chi connectivity index (χ1v) is 8.00. The number of hydrogen-bond donors (Lipinski definition) is 2. The minimum Gasteiger partial charge on any atom is -0.493 e. The Morgan fingerprint density at radius 1 is 1.29 bits per heavy atom. The van der Waals surface area contributed by atoms with Gasteiger partial charge in [0.25, 0.3) is 0 Å². The van der Waals surface area contributed by atoms with E-state index in [-0.39, 0.29) is 6.04 Å². The molecule has 1 aliphatic heterocycles. The van der Waals surface area contributed by atoms with E-state index in [1.807, 2.05) is 31.1 Å². The summed E-state index contributed by atoms with van der Waals surface area (Å²) in [6.07, 6.45) is 0.900. The van der Waals surface area contributed by atoms with E-state index in [1.165, 1.54) is 12.7 Å². The summed E-state index contributed by atoms with van der Waals surface area (Å²) in [4.78, 5) is 25.6. The zero-order valence-corrected chi connectivity index (χ0v) is 14.4. The van der Waals surface area contributed by atoms with Gasteiger partial charge in [0.2, 0.25) is 0 Å². The lowest BCUT2D eigenvalue weighted by molar-refractivity contribution is -0.139. The van der Waals surface area contributed by atoms with Crippen molar-refractivity contribution < 1.29 is 19.1 Å². The molecule has 132 valence electrons. The van der Waals surface area contributed by atoms with Gasteiger partial charge in [0.15, 0.2) is 0 Å². The Kier molecular flexibility index (Phi) is 6.57. The van der Waals surface area contributed by atoms with E-state index in [1.54, 1.807) is 0 Å². The molecule has 1 aliphatic rings. The van der Waals surface area contributed by atoms with Crippen molar-refractivity contribution in [2.75, 3.05) is 47.5 Å². The van der Waals surface area contributed by atoms with Crippen LogP contribution in [0.2, 0.25) is 0 Å². The number of rotatable bonds is 7. The van der Waals surface area contributed by atoms with E-state index >= 15 is 0 Å². The van der Waals surface area contributed by atoms with E-state index in [0.717, 1.165) is 17.7 Å². The van der Waals surface area contributed by atoms with E-state index < -0.39 is 11.8 Å². The van der Waals surface area contributed by atoms with Crippen molar-refractivity contribution in [3.63, 3.8) is 0 Å². The van der Waals surface area contributed by atoms with E-state index in [9.17, 15) is 9.59 Å². The second kappa shape index (κ2) is 8.65. The second-order valence-electron chi connectivity index (χ2n) is 5.90. The Balaban J connectivity index is 1.94. The lowest BCUT2D eigenvalue weighted by Gasteiger charge is -2.25. The molecule has 1 aromatic carbocycles. The largest absolute Gasteiger partial charge is 0.493 e. The van der Waals surface area contributed by atoms with E-state index in [4.69, 9.17) is 9.47 Å². The summed E-state index contributed by atoms with van der Waals surface area (Å²) in [6, 6.07) is 6.05. The summed E-state index contributed by atoms with van der Waals surface area (Å²) in [7, 11) is 5.42. The van der Waals surface area contributed by atoms with Gasteiger partial charge < -0.3 is 25.0 Å². The molecule has 0 aliphatic carbocycles. The minimum atomic E-state index is -0.646. The molecule has 0 bridgehead atoms. The van der Waals surface area contributed by atoms with Crippen LogP contribution >= 0.6 is 0 Å². The van der Waals surface area contributed by atoms with Crippen LogP contribution in [0.3, 0.4) is 0 Å². The molecular weight excluding hydrogens is 310 g/mol. The predicted molar refractivity (Wildman–Crippen MR) is 90.0 cm³/mol. The fraction of sp³-hybridized carbons (Fsp3) is 0.529. The number of nitrogens with one attached hydrogen (secondary N) is 2. The van der Waals surface area contributed by atoms with Crippen molar-refractivity contribution in [1.82, 2.24) is 15.5 Å². The molecule has 0 saturated heterocycles. The third-order valence-corrected chi connectivity index (χ3v) is 3.98. The molecule has 24 heavy (non-hydrogen) atoms. The van der Waals surface area contributed by atoms with Gasteiger partial charge in [-0.3, -0.25) is 9.59 Å². The maximum atomic E-state index is 11.9. The number of carbonyl (C=O) groups is 2. The van der Waals surface area contributed by atoms with Crippen LogP contribution in [-0.4, -0.2) is 64.2 Å². The highest BCUT2D eigenvalue weighted by molar-refractivity contribution is 6.35. The van der Waals surface area contributed by atoms with Gasteiger partial charge in [-0.15, -0.1) is 0 Å². The Morgan fingerprint density at radius 2 is 2.04 bits per heavy atom. The van der Waals surface area contributed by atoms with Crippen LogP contribution in [0.25, 0.3) is 0 Å². The number of amides is 2. The van der Waals surface area contributed by atoms with Crippen LogP contribution in [-0.2, 0) is 20.7 Å². The van der Waals surface area contributed by atoms with Gasteiger partial charge in [0.05, 0.1) is 19.3 Å². The van der Waals surface area contributed by atoms with E-state index in [2.05, 4.69) is 16.7 Å². The van der Waals surface area contributed by atoms with Crippen molar-refractivity contribution >= 4 is 11.8 Å². The molecule has 1 aromatic rings. The number of ether oxygens (including phenoxy) is 2. The number of hydrogen-bond acceptors (Lipinski definition) is 5. The number of methoxy groups -OCH3 is 1. The van der Waals surface area contributed by atoms with Gasteiger partial charge >= 0.3 is 11.8 Å². The molecule has 2 N–H and O–H groups in total. The smallest absolute Gasteiger partial charge is 0.309 e. The number of likely N-dealkylation sites (N-methyl/N-ethyl adjacent to an activating group) is 1. The van der Waals surface area contributed by atoms with Crippen LogP contribution in [0.5, 0.6) is 5.75 Å². The van der Waals surface area contributed by atoms with Crippen molar-refractivity contribution in [2.24, 2.45) is 0 Å². The van der Waals surface area contributed by atoms with Crippen LogP contribution in [0.1, 0.15) is 17.2 Å². The lowest BCUT2D eigenvalue weighted by Crippen LogP contribution is -2.43. The molecule has 0 fully saturated rings. The molecule has 0 spiro atoms. The zero-order chi connectivity index (χ0) is 17.5. The molecule has 7 heteroatoms. The Morgan fingerprint density at radius 3 is 2.75 bits per heavy atom. The average molecular weight is 335 g/mol. The highest BCUT2D eigenvalue weighted by atomic mass is 16.5. The van der Waals surface area contributed by atoms with Gasteiger partial charge in [-0.1, -0.05) is 12.1 Å². The summed E-state index contributed by atoms with van der Waals surface area (Å²) in [5.74, 6) is -0.354.